The zero-order valence-corrected chi connectivity index (χ0v) is 37.2. The molecule has 1 aromatic heterocycles. The van der Waals surface area contributed by atoms with Crippen LogP contribution in [0.1, 0.15) is 118 Å². The third-order valence-electron chi connectivity index (χ3n) is 15.6. The van der Waals surface area contributed by atoms with Crippen molar-refractivity contribution in [1.82, 2.24) is 30.0 Å². The highest BCUT2D eigenvalue weighted by Gasteiger charge is 2.72. The number of piperidine rings is 2. The molecule has 2 spiro atoms. The van der Waals surface area contributed by atoms with Gasteiger partial charge in [0.25, 0.3) is 0 Å². The van der Waals surface area contributed by atoms with E-state index in [1.165, 1.54) is 10.6 Å². The maximum Gasteiger partial charge on any atom is 0.329 e. The zero-order chi connectivity index (χ0) is 44.7. The minimum Gasteiger partial charge on any atom is -0.352 e. The van der Waals surface area contributed by atoms with Crippen molar-refractivity contribution in [1.29, 1.82) is 0 Å². The molecule has 64 heavy (non-hydrogen) atoms. The molecule has 5 amide bonds. The number of imide groups is 1. The van der Waals surface area contributed by atoms with Crippen LogP contribution >= 0.6 is 23.2 Å². The van der Waals surface area contributed by atoms with Crippen molar-refractivity contribution in [2.45, 2.75) is 124 Å². The van der Waals surface area contributed by atoms with Gasteiger partial charge in [0.05, 0.1) is 22.1 Å². The second-order valence-corrected chi connectivity index (χ2v) is 19.7. The molecule has 6 aliphatic rings. The number of nitrogens with zero attached hydrogens (tertiary/aromatic N) is 3. The van der Waals surface area contributed by atoms with Crippen molar-refractivity contribution >= 4 is 69.5 Å². The van der Waals surface area contributed by atoms with Gasteiger partial charge in [0.1, 0.15) is 17.3 Å². The number of para-hydroxylation sites is 1. The number of aryl methyl sites for hydroxylation is 1. The van der Waals surface area contributed by atoms with Crippen molar-refractivity contribution in [2.75, 3.05) is 18.4 Å². The topological polar surface area (TPSA) is 164 Å². The van der Waals surface area contributed by atoms with Crippen molar-refractivity contribution in [2.24, 2.45) is 13.0 Å². The van der Waals surface area contributed by atoms with E-state index in [9.17, 15) is 28.8 Å². The number of halogens is 3. The summed E-state index contributed by atoms with van der Waals surface area (Å²) in [6, 6.07) is 13.9. The van der Waals surface area contributed by atoms with Crippen LogP contribution in [-0.2, 0) is 36.4 Å². The Hall–Kier alpha value is -5.05. The molecule has 13 nitrogen and oxygen atoms in total. The number of nitrogens with one attached hydrogen (secondary N) is 4. The van der Waals surface area contributed by atoms with Crippen molar-refractivity contribution in [3.05, 3.63) is 97.6 Å². The summed E-state index contributed by atoms with van der Waals surface area (Å²) in [7, 11) is 1.71. The molecule has 10 rings (SSSR count). The predicted octanol–water partition coefficient (Wildman–Crippen LogP) is 6.49. The van der Waals surface area contributed by atoms with E-state index < -0.39 is 40.7 Å². The molecule has 0 bridgehead atoms. The summed E-state index contributed by atoms with van der Waals surface area (Å²) in [4.78, 5) is 83.6. The van der Waals surface area contributed by atoms with E-state index in [1.807, 2.05) is 29.2 Å². The summed E-state index contributed by atoms with van der Waals surface area (Å²) in [6.45, 7) is 1.14. The van der Waals surface area contributed by atoms with Gasteiger partial charge in [-0.25, -0.2) is 9.18 Å². The number of rotatable bonds is 6. The first-order valence-electron chi connectivity index (χ1n) is 22.8. The molecule has 1 unspecified atom stereocenters. The number of aromatic nitrogens is 2. The Morgan fingerprint density at radius 1 is 0.844 bits per heavy atom. The van der Waals surface area contributed by atoms with Gasteiger partial charge in [0.15, 0.2) is 0 Å². The lowest BCUT2D eigenvalue weighted by molar-refractivity contribution is -0.138. The Morgan fingerprint density at radius 2 is 1.56 bits per heavy atom. The molecule has 5 fully saturated rings. The van der Waals surface area contributed by atoms with Gasteiger partial charge >= 0.3 is 5.69 Å². The lowest BCUT2D eigenvalue weighted by Crippen LogP contribution is -2.60. The summed E-state index contributed by atoms with van der Waals surface area (Å²) in [5.74, 6) is -2.94. The summed E-state index contributed by atoms with van der Waals surface area (Å²) in [5.41, 5.74) is 1.45. The largest absolute Gasteiger partial charge is 0.352 e. The summed E-state index contributed by atoms with van der Waals surface area (Å²) in [6.07, 6.45) is 8.21. The first-order valence-corrected chi connectivity index (χ1v) is 23.5. The fourth-order valence-electron chi connectivity index (χ4n) is 12.7. The Bertz CT molecular complexity index is 2660. The number of hydrogen-bond donors (Lipinski definition) is 4. The van der Waals surface area contributed by atoms with Gasteiger partial charge in [0.2, 0.25) is 29.5 Å². The highest BCUT2D eigenvalue weighted by molar-refractivity contribution is 6.31. The molecule has 4 N–H and O–H groups in total. The van der Waals surface area contributed by atoms with Gasteiger partial charge in [-0.2, -0.15) is 0 Å². The molecule has 4 atom stereocenters. The molecule has 16 heteroatoms. The van der Waals surface area contributed by atoms with E-state index in [-0.39, 0.29) is 70.6 Å². The van der Waals surface area contributed by atoms with Crippen LogP contribution in [0, 0.1) is 11.7 Å². The minimum atomic E-state index is -1.32. The number of hydrogen-bond acceptors (Lipinski definition) is 7. The number of likely N-dealkylation sites (tertiary alicyclic amines) is 1. The van der Waals surface area contributed by atoms with Gasteiger partial charge in [-0.05, 0) is 105 Å². The minimum absolute atomic E-state index is 0.0793. The van der Waals surface area contributed by atoms with Crippen LogP contribution in [-0.4, -0.2) is 74.3 Å². The number of fused-ring (bicyclic) bond motifs is 4. The number of benzene rings is 3. The van der Waals surface area contributed by atoms with E-state index in [0.29, 0.717) is 73.4 Å². The second-order valence-electron chi connectivity index (χ2n) is 18.9. The quantitative estimate of drug-likeness (QED) is 0.161. The molecular formula is C48H52Cl2FN7O6. The third-order valence-corrected chi connectivity index (χ3v) is 16.2. The highest BCUT2D eigenvalue weighted by Crippen LogP contribution is 2.63. The van der Waals surface area contributed by atoms with Gasteiger partial charge in [-0.1, -0.05) is 72.8 Å². The van der Waals surface area contributed by atoms with Crippen molar-refractivity contribution < 1.29 is 28.4 Å². The number of anilines is 1. The molecule has 4 aliphatic heterocycles. The maximum atomic E-state index is 16.4. The predicted molar refractivity (Wildman–Crippen MR) is 240 cm³/mol. The summed E-state index contributed by atoms with van der Waals surface area (Å²) in [5, 5.41) is 12.8. The van der Waals surface area contributed by atoms with Gasteiger partial charge in [0, 0.05) is 60.7 Å². The maximum absolute atomic E-state index is 16.4. The molecule has 3 saturated heterocycles. The van der Waals surface area contributed by atoms with Crippen LogP contribution in [0.15, 0.2) is 59.4 Å². The van der Waals surface area contributed by atoms with Crippen LogP contribution in [0.2, 0.25) is 10.0 Å². The monoisotopic (exact) mass is 911 g/mol. The van der Waals surface area contributed by atoms with Crippen LogP contribution in [0.25, 0.3) is 11.0 Å². The second kappa shape index (κ2) is 16.4. The highest BCUT2D eigenvalue weighted by atomic mass is 35.5. The van der Waals surface area contributed by atoms with Crippen LogP contribution in [0.4, 0.5) is 10.1 Å². The number of carbonyl (C=O) groups is 5. The number of carbonyl (C=O) groups excluding carboxylic acids is 5. The molecular weight excluding hydrogens is 860 g/mol. The summed E-state index contributed by atoms with van der Waals surface area (Å²) >= 11 is 12.9. The zero-order valence-electron chi connectivity index (χ0n) is 35.7. The van der Waals surface area contributed by atoms with Crippen LogP contribution in [0.3, 0.4) is 0 Å². The van der Waals surface area contributed by atoms with E-state index in [4.69, 9.17) is 23.2 Å². The smallest absolute Gasteiger partial charge is 0.329 e. The van der Waals surface area contributed by atoms with Crippen LogP contribution < -0.4 is 27.0 Å². The first kappa shape index (κ1) is 42.9. The average molecular weight is 913 g/mol. The molecule has 5 heterocycles. The Balaban J connectivity index is 0.830. The number of amides is 5. The lowest BCUT2D eigenvalue weighted by Gasteiger charge is -2.47. The van der Waals surface area contributed by atoms with Crippen molar-refractivity contribution in [3.63, 3.8) is 0 Å². The van der Waals surface area contributed by atoms with E-state index in [1.54, 1.807) is 35.9 Å². The van der Waals surface area contributed by atoms with Gasteiger partial charge < -0.3 is 15.5 Å². The Kier molecular flexibility index (Phi) is 11.0. The van der Waals surface area contributed by atoms with E-state index in [2.05, 4.69) is 21.3 Å². The van der Waals surface area contributed by atoms with Crippen LogP contribution in [0.5, 0.6) is 0 Å². The molecule has 3 aromatic carbocycles. The third kappa shape index (κ3) is 6.71. The normalized spacial score (nSPS) is 28.1. The Morgan fingerprint density at radius 3 is 2.30 bits per heavy atom. The summed E-state index contributed by atoms with van der Waals surface area (Å²) < 4.78 is 19.5. The van der Waals surface area contributed by atoms with E-state index in [0.717, 1.165) is 43.2 Å². The molecule has 2 saturated carbocycles. The molecule has 4 aromatic rings. The van der Waals surface area contributed by atoms with Gasteiger partial charge in [-0.15, -0.1) is 0 Å². The van der Waals surface area contributed by atoms with E-state index >= 15 is 4.39 Å². The SMILES string of the molecule is Cn1c(=O)n(C2CCC(=O)NC2=O)c2cccc(C3CCN(C(=O)[C@H]4CC[C@H](NC(=O)[C@@H]5NC6(CCCCC6)[C@@]6(C(=O)Nc7cc(Cl)ccc76)[C@H]5c5cccc(Cl)c5F)CC4)CC3)c21. The molecule has 2 aliphatic carbocycles. The molecule has 336 valence electrons. The standard InChI is InChI=1S/C48H52Cl2FN7O6/c1-56-41-30(7-6-10-35(41)58(46(56)64)36-17-18-37(59)54-42(36)60)26-19-23-57(24-20-26)44(62)27-11-14-29(15-12-27)52-43(61)40-38(31-8-5-9-33(50)39(31)51)48(47(55-40)21-3-2-4-22-47)32-16-13-28(49)25-34(32)53-45(48)63/h5-10,13,16,25-27,29,36,38,40,55H,2-4,11-12,14-15,17-24H2,1H3,(H,52,61)(H,53,63)(H,54,59,60)/t27-,29-,36?,38-,40+,48+/m0/s1. The fraction of sp³-hybridized carbons (Fsp3) is 0.500. The first-order chi connectivity index (χ1) is 30.8. The van der Waals surface area contributed by atoms with Gasteiger partial charge in [-0.3, -0.25) is 43.7 Å². The Labute approximate surface area is 379 Å². The average Bonchev–Trinajstić information content (AvgIpc) is 3.85. The van der Waals surface area contributed by atoms with Crippen molar-refractivity contribution in [3.8, 4) is 0 Å². The molecule has 0 radical (unpaired) electrons. The lowest BCUT2D eigenvalue weighted by atomic mass is 9.55. The fourth-order valence-corrected chi connectivity index (χ4v) is 13.0. The number of imidazole rings is 1.